The van der Waals surface area contributed by atoms with Crippen molar-refractivity contribution < 1.29 is 4.74 Å². The first kappa shape index (κ1) is 14.3. The average molecular weight is 321 g/mol. The maximum atomic E-state index is 5.20. The van der Waals surface area contributed by atoms with Gasteiger partial charge in [-0.05, 0) is 36.8 Å². The van der Waals surface area contributed by atoms with Crippen LogP contribution in [0.1, 0.15) is 17.2 Å². The van der Waals surface area contributed by atoms with E-state index in [0.717, 1.165) is 28.6 Å². The lowest BCUT2D eigenvalue weighted by Gasteiger charge is -2.07. The van der Waals surface area contributed by atoms with Crippen LogP contribution in [0.25, 0.3) is 11.5 Å². The van der Waals surface area contributed by atoms with Crippen molar-refractivity contribution in [1.82, 2.24) is 34.3 Å². The Labute approximate surface area is 137 Å². The van der Waals surface area contributed by atoms with Crippen molar-refractivity contribution in [1.29, 1.82) is 0 Å². The first-order chi connectivity index (χ1) is 11.7. The van der Waals surface area contributed by atoms with E-state index in [4.69, 9.17) is 4.74 Å². The number of methoxy groups -OCH3 is 1. The quantitative estimate of drug-likeness (QED) is 0.568. The van der Waals surface area contributed by atoms with Gasteiger partial charge in [0.05, 0.1) is 12.8 Å². The number of hydrogen-bond acceptors (Lipinski definition) is 6. The molecule has 120 valence electrons. The predicted molar refractivity (Wildman–Crippen MR) is 86.2 cm³/mol. The summed E-state index contributed by atoms with van der Waals surface area (Å²) in [6, 6.07) is 7.71. The zero-order valence-electron chi connectivity index (χ0n) is 13.3. The van der Waals surface area contributed by atoms with Crippen LogP contribution in [-0.2, 0) is 6.42 Å². The molecule has 0 bridgehead atoms. The highest BCUT2D eigenvalue weighted by molar-refractivity contribution is 5.38. The lowest BCUT2D eigenvalue weighted by Crippen LogP contribution is -2.05. The summed E-state index contributed by atoms with van der Waals surface area (Å²) in [6.07, 6.45) is 5.76. The van der Waals surface area contributed by atoms with Gasteiger partial charge in [-0.1, -0.05) is 0 Å². The number of rotatable bonds is 4. The van der Waals surface area contributed by atoms with Crippen LogP contribution >= 0.6 is 0 Å². The summed E-state index contributed by atoms with van der Waals surface area (Å²) in [7, 11) is 1.65. The molecule has 1 aromatic carbocycles. The van der Waals surface area contributed by atoms with E-state index in [-0.39, 0.29) is 0 Å². The predicted octanol–water partition coefficient (Wildman–Crippen LogP) is 1.61. The Morgan fingerprint density at radius 2 is 1.96 bits per heavy atom. The molecule has 3 aromatic heterocycles. The van der Waals surface area contributed by atoms with Crippen molar-refractivity contribution in [2.24, 2.45) is 0 Å². The highest BCUT2D eigenvalue weighted by atomic mass is 16.5. The van der Waals surface area contributed by atoms with E-state index in [0.29, 0.717) is 12.2 Å². The van der Waals surface area contributed by atoms with Crippen LogP contribution in [0.15, 0.2) is 43.0 Å². The average Bonchev–Trinajstić information content (AvgIpc) is 3.21. The molecule has 0 spiro atoms. The molecule has 0 saturated carbocycles. The zero-order valence-corrected chi connectivity index (χ0v) is 13.3. The third-order valence-corrected chi connectivity index (χ3v) is 3.65. The first-order valence-electron chi connectivity index (χ1n) is 7.44. The molecule has 0 aliphatic carbocycles. The summed E-state index contributed by atoms with van der Waals surface area (Å²) in [6.45, 7) is 1.88. The summed E-state index contributed by atoms with van der Waals surface area (Å²) in [5, 5.41) is 8.61. The molecule has 0 N–H and O–H groups in total. The summed E-state index contributed by atoms with van der Waals surface area (Å²) in [4.78, 5) is 12.9. The lowest BCUT2D eigenvalue weighted by molar-refractivity contribution is 0.414. The van der Waals surface area contributed by atoms with Gasteiger partial charge in [-0.2, -0.15) is 15.2 Å². The van der Waals surface area contributed by atoms with Crippen LogP contribution in [0, 0.1) is 6.92 Å². The molecule has 0 unspecified atom stereocenters. The molecule has 0 saturated heterocycles. The number of aromatic nitrogens is 7. The van der Waals surface area contributed by atoms with E-state index in [2.05, 4.69) is 25.1 Å². The minimum absolute atomic E-state index is 0.576. The molecule has 0 atom stereocenters. The summed E-state index contributed by atoms with van der Waals surface area (Å²) in [5.74, 6) is 2.93. The molecule has 0 aliphatic rings. The fourth-order valence-electron chi connectivity index (χ4n) is 2.54. The normalized spacial score (nSPS) is 11.1. The van der Waals surface area contributed by atoms with Gasteiger partial charge in [-0.3, -0.25) is 0 Å². The van der Waals surface area contributed by atoms with Crippen LogP contribution in [0.2, 0.25) is 0 Å². The van der Waals surface area contributed by atoms with Gasteiger partial charge in [0.1, 0.15) is 23.7 Å². The van der Waals surface area contributed by atoms with E-state index in [1.54, 1.807) is 17.8 Å². The van der Waals surface area contributed by atoms with E-state index in [1.807, 2.05) is 42.1 Å². The van der Waals surface area contributed by atoms with Crippen molar-refractivity contribution >= 4 is 5.78 Å². The maximum Gasteiger partial charge on any atom is 0.252 e. The molecule has 24 heavy (non-hydrogen) atoms. The Morgan fingerprint density at radius 3 is 2.75 bits per heavy atom. The van der Waals surface area contributed by atoms with Gasteiger partial charge in [-0.15, -0.1) is 0 Å². The number of nitrogens with zero attached hydrogens (tertiary/aromatic N) is 7. The van der Waals surface area contributed by atoms with Crippen LogP contribution in [0.3, 0.4) is 0 Å². The monoisotopic (exact) mass is 321 g/mol. The summed E-state index contributed by atoms with van der Waals surface area (Å²) < 4.78 is 8.68. The third-order valence-electron chi connectivity index (χ3n) is 3.65. The molecular weight excluding hydrogens is 306 g/mol. The minimum Gasteiger partial charge on any atom is -0.497 e. The largest absolute Gasteiger partial charge is 0.497 e. The Morgan fingerprint density at radius 1 is 1.12 bits per heavy atom. The van der Waals surface area contributed by atoms with Crippen molar-refractivity contribution in [3.8, 4) is 11.4 Å². The van der Waals surface area contributed by atoms with Gasteiger partial charge >= 0.3 is 0 Å². The molecule has 0 amide bonds. The number of benzene rings is 1. The maximum absolute atomic E-state index is 5.20. The Kier molecular flexibility index (Phi) is 3.42. The highest BCUT2D eigenvalue weighted by Gasteiger charge is 2.11. The smallest absolute Gasteiger partial charge is 0.252 e. The van der Waals surface area contributed by atoms with Gasteiger partial charge in [-0.25, -0.2) is 19.2 Å². The number of hydrogen-bond donors (Lipinski definition) is 0. The van der Waals surface area contributed by atoms with Crippen LogP contribution in [0.5, 0.6) is 5.75 Å². The molecule has 0 aliphatic heterocycles. The first-order valence-corrected chi connectivity index (χ1v) is 7.44. The fourth-order valence-corrected chi connectivity index (χ4v) is 2.54. The van der Waals surface area contributed by atoms with Crippen LogP contribution in [-0.4, -0.2) is 41.5 Å². The van der Waals surface area contributed by atoms with Gasteiger partial charge in [0.2, 0.25) is 0 Å². The minimum atomic E-state index is 0.576. The molecule has 4 rings (SSSR count). The molecule has 3 heterocycles. The van der Waals surface area contributed by atoms with E-state index >= 15 is 0 Å². The number of ether oxygens (including phenoxy) is 1. The molecule has 0 radical (unpaired) electrons. The summed E-state index contributed by atoms with van der Waals surface area (Å²) >= 11 is 0. The molecule has 8 nitrogen and oxygen atoms in total. The highest BCUT2D eigenvalue weighted by Crippen LogP contribution is 2.17. The van der Waals surface area contributed by atoms with Gasteiger partial charge in [0, 0.05) is 18.8 Å². The SMILES string of the molecule is COc1ccc(-n2nc(C)nc2Cc2cnc3ncnn3c2)cc1. The second kappa shape index (κ2) is 5.73. The van der Waals surface area contributed by atoms with Crippen LogP contribution < -0.4 is 4.74 Å². The Balaban J connectivity index is 1.69. The van der Waals surface area contributed by atoms with Crippen LogP contribution in [0.4, 0.5) is 0 Å². The van der Waals surface area contributed by atoms with E-state index in [1.165, 1.54) is 6.33 Å². The zero-order chi connectivity index (χ0) is 16.5. The van der Waals surface area contributed by atoms with Gasteiger partial charge < -0.3 is 4.74 Å². The second-order valence-electron chi connectivity index (χ2n) is 5.33. The third kappa shape index (κ3) is 2.58. The van der Waals surface area contributed by atoms with E-state index < -0.39 is 0 Å². The number of aryl methyl sites for hydroxylation is 1. The van der Waals surface area contributed by atoms with Crippen molar-refractivity contribution in [2.75, 3.05) is 7.11 Å². The van der Waals surface area contributed by atoms with E-state index in [9.17, 15) is 0 Å². The fraction of sp³-hybridized carbons (Fsp3) is 0.188. The standard InChI is InChI=1S/C16H15N7O/c1-11-20-15(7-12-8-17-16-18-10-19-22(16)9-12)23(21-11)13-3-5-14(24-2)6-4-13/h3-6,8-10H,7H2,1-2H3. The number of fused-ring (bicyclic) bond motifs is 1. The topological polar surface area (TPSA) is 83.0 Å². The van der Waals surface area contributed by atoms with Crippen molar-refractivity contribution in [2.45, 2.75) is 13.3 Å². The molecule has 8 heteroatoms. The van der Waals surface area contributed by atoms with Crippen molar-refractivity contribution in [3.05, 3.63) is 60.2 Å². The molecular formula is C16H15N7O. The lowest BCUT2D eigenvalue weighted by atomic mass is 10.2. The molecule has 4 aromatic rings. The second-order valence-corrected chi connectivity index (χ2v) is 5.33. The summed E-state index contributed by atoms with van der Waals surface area (Å²) in [5.41, 5.74) is 1.91. The van der Waals surface area contributed by atoms with Gasteiger partial charge in [0.15, 0.2) is 0 Å². The van der Waals surface area contributed by atoms with Crippen molar-refractivity contribution in [3.63, 3.8) is 0 Å². The van der Waals surface area contributed by atoms with Gasteiger partial charge in [0.25, 0.3) is 5.78 Å². The Bertz CT molecular complexity index is 987. The molecule has 0 fully saturated rings. The Hall–Kier alpha value is -3.29.